The van der Waals surface area contributed by atoms with E-state index in [0.717, 1.165) is 48.5 Å². The zero-order valence-electron chi connectivity index (χ0n) is 16.3. The van der Waals surface area contributed by atoms with Crippen molar-refractivity contribution in [3.63, 3.8) is 0 Å². The summed E-state index contributed by atoms with van der Waals surface area (Å²) >= 11 is 0. The van der Waals surface area contributed by atoms with Crippen LogP contribution in [0.4, 0.5) is 5.69 Å². The maximum atomic E-state index is 5.38. The van der Waals surface area contributed by atoms with Gasteiger partial charge in [-0.15, -0.1) is 0 Å². The topological polar surface area (TPSA) is 88.8 Å². The van der Waals surface area contributed by atoms with Gasteiger partial charge in [0.05, 0.1) is 20.8 Å². The molecule has 1 fully saturated rings. The highest BCUT2D eigenvalue weighted by Gasteiger charge is 2.24. The highest BCUT2D eigenvalue weighted by atomic mass is 16.5. The molecule has 1 aromatic heterocycles. The van der Waals surface area contributed by atoms with Gasteiger partial charge < -0.3 is 25.0 Å². The second kappa shape index (κ2) is 8.61. The first-order valence-corrected chi connectivity index (χ1v) is 8.91. The van der Waals surface area contributed by atoms with Gasteiger partial charge in [0.15, 0.2) is 5.96 Å². The van der Waals surface area contributed by atoms with E-state index in [1.165, 1.54) is 0 Å². The number of aliphatic imine (C=N–C) groups is 1. The van der Waals surface area contributed by atoms with E-state index in [2.05, 4.69) is 30.6 Å². The Morgan fingerprint density at radius 2 is 2.00 bits per heavy atom. The van der Waals surface area contributed by atoms with Crippen molar-refractivity contribution in [1.82, 2.24) is 25.4 Å². The first-order valence-electron chi connectivity index (χ1n) is 8.91. The van der Waals surface area contributed by atoms with Gasteiger partial charge in [-0.2, -0.15) is 5.10 Å². The van der Waals surface area contributed by atoms with Crippen molar-refractivity contribution in [1.29, 1.82) is 0 Å². The van der Waals surface area contributed by atoms with Crippen LogP contribution in [0.1, 0.15) is 12.2 Å². The number of nitrogens with one attached hydrogen (secondary N) is 2. The molecular formula is C18H27N7O2. The van der Waals surface area contributed by atoms with Gasteiger partial charge in [-0.3, -0.25) is 9.67 Å². The normalized spacial score (nSPS) is 17.1. The number of hydrogen-bond acceptors (Lipinski definition) is 6. The molecule has 1 aromatic carbocycles. The fourth-order valence-electron chi connectivity index (χ4n) is 3.12. The van der Waals surface area contributed by atoms with Crippen molar-refractivity contribution in [3.05, 3.63) is 30.4 Å². The number of ether oxygens (including phenoxy) is 2. The van der Waals surface area contributed by atoms with Crippen LogP contribution in [-0.4, -0.2) is 61.1 Å². The Balaban J connectivity index is 1.58. The Labute approximate surface area is 159 Å². The molecule has 0 spiro atoms. The summed E-state index contributed by atoms with van der Waals surface area (Å²) in [5.74, 6) is 3.20. The molecule has 0 amide bonds. The molecule has 1 atom stereocenters. The number of aromatic nitrogens is 3. The molecule has 0 bridgehead atoms. The van der Waals surface area contributed by atoms with Crippen LogP contribution in [0.3, 0.4) is 0 Å². The molecule has 0 radical (unpaired) electrons. The minimum atomic E-state index is 0.299. The minimum Gasteiger partial charge on any atom is -0.497 e. The third-order valence-corrected chi connectivity index (χ3v) is 4.67. The lowest BCUT2D eigenvalue weighted by molar-refractivity contribution is 0.394. The molecule has 1 saturated heterocycles. The second-order valence-corrected chi connectivity index (χ2v) is 6.37. The van der Waals surface area contributed by atoms with Crippen LogP contribution < -0.4 is 25.0 Å². The van der Waals surface area contributed by atoms with Gasteiger partial charge in [0, 0.05) is 57.1 Å². The number of benzene rings is 1. The van der Waals surface area contributed by atoms with E-state index in [-0.39, 0.29) is 0 Å². The lowest BCUT2D eigenvalue weighted by atomic mass is 10.2. The summed E-state index contributed by atoms with van der Waals surface area (Å²) in [5.41, 5.74) is 1.09. The largest absolute Gasteiger partial charge is 0.497 e. The van der Waals surface area contributed by atoms with E-state index in [1.54, 1.807) is 32.3 Å². The highest BCUT2D eigenvalue weighted by Crippen LogP contribution is 2.30. The summed E-state index contributed by atoms with van der Waals surface area (Å²) in [6.07, 6.45) is 2.56. The highest BCUT2D eigenvalue weighted by molar-refractivity contribution is 5.80. The predicted octanol–water partition coefficient (Wildman–Crippen LogP) is 0.776. The smallest absolute Gasteiger partial charge is 0.191 e. The van der Waals surface area contributed by atoms with Gasteiger partial charge in [0.2, 0.25) is 0 Å². The first kappa shape index (κ1) is 18.8. The predicted molar refractivity (Wildman–Crippen MR) is 105 cm³/mol. The molecule has 9 nitrogen and oxygen atoms in total. The van der Waals surface area contributed by atoms with Crippen molar-refractivity contribution in [2.75, 3.05) is 39.3 Å². The molecule has 146 valence electrons. The summed E-state index contributed by atoms with van der Waals surface area (Å²) in [5, 5.41) is 10.8. The number of anilines is 1. The summed E-state index contributed by atoms with van der Waals surface area (Å²) in [6.45, 7) is 2.40. The van der Waals surface area contributed by atoms with Crippen molar-refractivity contribution < 1.29 is 9.47 Å². The van der Waals surface area contributed by atoms with Gasteiger partial charge in [-0.25, -0.2) is 4.98 Å². The molecular weight excluding hydrogens is 346 g/mol. The average molecular weight is 373 g/mol. The zero-order valence-corrected chi connectivity index (χ0v) is 16.3. The molecule has 0 saturated carbocycles. The molecule has 2 heterocycles. The molecule has 0 aliphatic carbocycles. The standard InChI is InChI=1S/C18H27N7O2/c1-19-18(20-10-17-21-12-22-24(17)2)23-13-5-6-25(11-13)14-7-15(26-3)9-16(8-14)27-4/h7-9,12-13H,5-6,10-11H2,1-4H3,(H2,19,20,23). The van der Waals surface area contributed by atoms with Gasteiger partial charge in [-0.1, -0.05) is 0 Å². The fraction of sp³-hybridized carbons (Fsp3) is 0.500. The van der Waals surface area contributed by atoms with Crippen molar-refractivity contribution >= 4 is 11.6 Å². The molecule has 2 N–H and O–H groups in total. The van der Waals surface area contributed by atoms with E-state index in [0.29, 0.717) is 12.6 Å². The van der Waals surface area contributed by atoms with E-state index < -0.39 is 0 Å². The maximum Gasteiger partial charge on any atom is 0.191 e. The Kier molecular flexibility index (Phi) is 6.00. The van der Waals surface area contributed by atoms with E-state index in [9.17, 15) is 0 Å². The van der Waals surface area contributed by atoms with Crippen LogP contribution in [0.5, 0.6) is 11.5 Å². The number of aryl methyl sites for hydroxylation is 1. The molecule has 2 aromatic rings. The molecule has 1 unspecified atom stereocenters. The SMILES string of the molecule is CN=C(NCc1ncnn1C)NC1CCN(c2cc(OC)cc(OC)c2)C1. The Morgan fingerprint density at radius 3 is 2.59 bits per heavy atom. The summed E-state index contributed by atoms with van der Waals surface area (Å²) in [6, 6.07) is 6.25. The molecule has 1 aliphatic rings. The second-order valence-electron chi connectivity index (χ2n) is 6.37. The van der Waals surface area contributed by atoms with Gasteiger partial charge in [0.1, 0.15) is 23.7 Å². The molecule has 3 rings (SSSR count). The average Bonchev–Trinajstić information content (AvgIpc) is 3.33. The van der Waals surface area contributed by atoms with Crippen LogP contribution in [0.15, 0.2) is 29.5 Å². The van der Waals surface area contributed by atoms with Crippen LogP contribution in [0.25, 0.3) is 0 Å². The van der Waals surface area contributed by atoms with E-state index >= 15 is 0 Å². The van der Waals surface area contributed by atoms with E-state index in [1.807, 2.05) is 25.2 Å². The Hall–Kier alpha value is -2.97. The van der Waals surface area contributed by atoms with Crippen molar-refractivity contribution in [3.8, 4) is 11.5 Å². The third kappa shape index (κ3) is 4.60. The zero-order chi connectivity index (χ0) is 19.2. The molecule has 27 heavy (non-hydrogen) atoms. The first-order chi connectivity index (χ1) is 13.1. The monoisotopic (exact) mass is 373 g/mol. The van der Waals surface area contributed by atoms with Gasteiger partial charge in [-0.05, 0) is 6.42 Å². The third-order valence-electron chi connectivity index (χ3n) is 4.67. The lowest BCUT2D eigenvalue weighted by Gasteiger charge is -2.21. The molecule has 9 heteroatoms. The summed E-state index contributed by atoms with van der Waals surface area (Å²) < 4.78 is 12.5. The number of guanidine groups is 1. The summed E-state index contributed by atoms with van der Waals surface area (Å²) in [7, 11) is 6.97. The van der Waals surface area contributed by atoms with Gasteiger partial charge in [0.25, 0.3) is 0 Å². The fourth-order valence-corrected chi connectivity index (χ4v) is 3.12. The number of hydrogen-bond donors (Lipinski definition) is 2. The van der Waals surface area contributed by atoms with Crippen molar-refractivity contribution in [2.45, 2.75) is 19.0 Å². The number of rotatable bonds is 6. The maximum absolute atomic E-state index is 5.38. The van der Waals surface area contributed by atoms with Crippen LogP contribution >= 0.6 is 0 Å². The van der Waals surface area contributed by atoms with Gasteiger partial charge >= 0.3 is 0 Å². The summed E-state index contributed by atoms with van der Waals surface area (Å²) in [4.78, 5) is 10.8. The number of methoxy groups -OCH3 is 2. The lowest BCUT2D eigenvalue weighted by Crippen LogP contribution is -2.44. The minimum absolute atomic E-state index is 0.299. The number of nitrogens with zero attached hydrogens (tertiary/aromatic N) is 5. The quantitative estimate of drug-likeness (QED) is 0.571. The molecule has 1 aliphatic heterocycles. The van der Waals surface area contributed by atoms with E-state index in [4.69, 9.17) is 9.47 Å². The van der Waals surface area contributed by atoms with Crippen molar-refractivity contribution in [2.24, 2.45) is 12.0 Å². The Bertz CT molecular complexity index is 768. The Morgan fingerprint density at radius 1 is 1.26 bits per heavy atom. The van der Waals surface area contributed by atoms with Crippen LogP contribution in [-0.2, 0) is 13.6 Å². The van der Waals surface area contributed by atoms with Crippen LogP contribution in [0, 0.1) is 0 Å². The van der Waals surface area contributed by atoms with Crippen LogP contribution in [0.2, 0.25) is 0 Å².